The summed E-state index contributed by atoms with van der Waals surface area (Å²) in [4.78, 5) is 0. The van der Waals surface area contributed by atoms with Gasteiger partial charge in [0.25, 0.3) is 0 Å². The van der Waals surface area contributed by atoms with Crippen molar-refractivity contribution in [3.63, 3.8) is 0 Å². The van der Waals surface area contributed by atoms with E-state index in [-0.39, 0.29) is 12.4 Å². The van der Waals surface area contributed by atoms with E-state index >= 15 is 0 Å². The molecule has 0 atom stereocenters. The van der Waals surface area contributed by atoms with Crippen molar-refractivity contribution in [1.82, 2.24) is 0 Å². The molecule has 3 heteroatoms. The van der Waals surface area contributed by atoms with Gasteiger partial charge in [0.1, 0.15) is 18.2 Å². The maximum Gasteiger partial charge on any atom is 0.127 e. The van der Waals surface area contributed by atoms with E-state index in [9.17, 15) is 4.39 Å². The summed E-state index contributed by atoms with van der Waals surface area (Å²) in [5.41, 5.74) is 9.31. The molecule has 2 aromatic rings. The lowest BCUT2D eigenvalue weighted by atomic mass is 10.0. The molecule has 0 bridgehead atoms. The van der Waals surface area contributed by atoms with Crippen molar-refractivity contribution in [3.05, 3.63) is 64.5 Å². The second kappa shape index (κ2) is 6.72. The zero-order valence-corrected chi connectivity index (χ0v) is 12.8. The Morgan fingerprint density at radius 3 is 2.57 bits per heavy atom. The highest BCUT2D eigenvalue weighted by Crippen LogP contribution is 2.25. The predicted molar refractivity (Wildman–Crippen MR) is 83.9 cm³/mol. The quantitative estimate of drug-likeness (QED) is 0.890. The van der Waals surface area contributed by atoms with Gasteiger partial charge in [-0.05, 0) is 47.7 Å². The van der Waals surface area contributed by atoms with E-state index in [1.807, 2.05) is 6.92 Å². The molecule has 2 nitrogen and oxygen atoms in total. The second-order valence-electron chi connectivity index (χ2n) is 5.60. The summed E-state index contributed by atoms with van der Waals surface area (Å²) in [5, 5.41) is 0. The highest BCUT2D eigenvalue weighted by atomic mass is 19.1. The minimum absolute atomic E-state index is 0.196. The summed E-state index contributed by atoms with van der Waals surface area (Å²) in [6, 6.07) is 11.2. The third kappa shape index (κ3) is 3.82. The molecule has 0 fully saturated rings. The van der Waals surface area contributed by atoms with Crippen molar-refractivity contribution in [1.29, 1.82) is 0 Å². The van der Waals surface area contributed by atoms with Crippen LogP contribution in [0, 0.1) is 12.7 Å². The number of nitrogens with two attached hydrogens (primary N) is 1. The van der Waals surface area contributed by atoms with Gasteiger partial charge in [-0.15, -0.1) is 0 Å². The molecular weight excluding hydrogens is 265 g/mol. The van der Waals surface area contributed by atoms with E-state index in [2.05, 4.69) is 32.0 Å². The van der Waals surface area contributed by atoms with Crippen LogP contribution in [0.25, 0.3) is 0 Å². The Bertz CT molecular complexity index is 623. The Hall–Kier alpha value is -1.87. The average molecular weight is 287 g/mol. The van der Waals surface area contributed by atoms with E-state index < -0.39 is 0 Å². The standard InChI is InChI=1S/C18H22FNO/c1-12(2)15-6-4-13(3)18(9-15)21-11-14-5-7-17(19)16(8-14)10-20/h4-9,12H,10-11,20H2,1-3H3. The molecule has 2 rings (SSSR count). The summed E-state index contributed by atoms with van der Waals surface area (Å²) >= 11 is 0. The maximum absolute atomic E-state index is 13.4. The lowest BCUT2D eigenvalue weighted by Crippen LogP contribution is -2.03. The molecule has 0 saturated heterocycles. The minimum atomic E-state index is -0.265. The zero-order valence-electron chi connectivity index (χ0n) is 12.8. The molecule has 0 heterocycles. The fourth-order valence-corrected chi connectivity index (χ4v) is 2.17. The van der Waals surface area contributed by atoms with Gasteiger partial charge in [-0.3, -0.25) is 0 Å². The lowest BCUT2D eigenvalue weighted by Gasteiger charge is -2.13. The molecule has 0 aliphatic heterocycles. The van der Waals surface area contributed by atoms with Crippen LogP contribution in [0.2, 0.25) is 0 Å². The monoisotopic (exact) mass is 287 g/mol. The van der Waals surface area contributed by atoms with Gasteiger partial charge in [-0.1, -0.05) is 32.0 Å². The van der Waals surface area contributed by atoms with Crippen LogP contribution in [-0.2, 0) is 13.2 Å². The van der Waals surface area contributed by atoms with Gasteiger partial charge in [0.05, 0.1) is 0 Å². The first-order valence-electron chi connectivity index (χ1n) is 7.22. The SMILES string of the molecule is Cc1ccc(C(C)C)cc1OCc1ccc(F)c(CN)c1. The normalized spacial score (nSPS) is 11.0. The Morgan fingerprint density at radius 2 is 1.90 bits per heavy atom. The number of aryl methyl sites for hydroxylation is 1. The molecule has 0 amide bonds. The van der Waals surface area contributed by atoms with Crippen molar-refractivity contribution >= 4 is 0 Å². The van der Waals surface area contributed by atoms with Gasteiger partial charge in [0.15, 0.2) is 0 Å². The minimum Gasteiger partial charge on any atom is -0.489 e. The Balaban J connectivity index is 2.14. The number of ether oxygens (including phenoxy) is 1. The topological polar surface area (TPSA) is 35.2 Å². The molecule has 0 radical (unpaired) electrons. The fraction of sp³-hybridized carbons (Fsp3) is 0.333. The van der Waals surface area contributed by atoms with Crippen LogP contribution >= 0.6 is 0 Å². The summed E-state index contributed by atoms with van der Waals surface area (Å²) in [6.45, 7) is 6.94. The molecule has 0 unspecified atom stereocenters. The molecule has 21 heavy (non-hydrogen) atoms. The first kappa shape index (κ1) is 15.5. The Kier molecular flexibility index (Phi) is 4.97. The zero-order chi connectivity index (χ0) is 15.4. The predicted octanol–water partition coefficient (Wildman–Crippen LogP) is 4.30. The van der Waals surface area contributed by atoms with E-state index in [0.29, 0.717) is 18.1 Å². The van der Waals surface area contributed by atoms with Gasteiger partial charge in [0, 0.05) is 12.1 Å². The maximum atomic E-state index is 13.4. The number of benzene rings is 2. The van der Waals surface area contributed by atoms with Crippen LogP contribution in [0.3, 0.4) is 0 Å². The number of hydrogen-bond acceptors (Lipinski definition) is 2. The molecule has 0 aliphatic rings. The molecular formula is C18H22FNO. The lowest BCUT2D eigenvalue weighted by molar-refractivity contribution is 0.303. The number of rotatable bonds is 5. The summed E-state index contributed by atoms with van der Waals surface area (Å²) < 4.78 is 19.3. The first-order chi connectivity index (χ1) is 10.0. The molecule has 0 aromatic heterocycles. The second-order valence-corrected chi connectivity index (χ2v) is 5.60. The molecule has 2 N–H and O–H groups in total. The van der Waals surface area contributed by atoms with E-state index in [0.717, 1.165) is 16.9 Å². The third-order valence-corrected chi connectivity index (χ3v) is 3.60. The van der Waals surface area contributed by atoms with Gasteiger partial charge in [-0.2, -0.15) is 0 Å². The van der Waals surface area contributed by atoms with Crippen LogP contribution in [0.15, 0.2) is 36.4 Å². The highest BCUT2D eigenvalue weighted by molar-refractivity contribution is 5.38. The smallest absolute Gasteiger partial charge is 0.127 e. The first-order valence-corrected chi connectivity index (χ1v) is 7.22. The summed E-state index contributed by atoms with van der Waals surface area (Å²) in [7, 11) is 0. The fourth-order valence-electron chi connectivity index (χ4n) is 2.17. The van der Waals surface area contributed by atoms with Crippen molar-refractivity contribution in [2.24, 2.45) is 5.73 Å². The van der Waals surface area contributed by atoms with Crippen molar-refractivity contribution in [2.75, 3.05) is 0 Å². The average Bonchev–Trinajstić information content (AvgIpc) is 2.47. The number of hydrogen-bond donors (Lipinski definition) is 1. The number of halogens is 1. The molecule has 0 saturated carbocycles. The van der Waals surface area contributed by atoms with Gasteiger partial charge in [0.2, 0.25) is 0 Å². The molecule has 0 aliphatic carbocycles. The van der Waals surface area contributed by atoms with E-state index in [4.69, 9.17) is 10.5 Å². The van der Waals surface area contributed by atoms with Crippen LogP contribution in [0.4, 0.5) is 4.39 Å². The van der Waals surface area contributed by atoms with Gasteiger partial charge >= 0.3 is 0 Å². The van der Waals surface area contributed by atoms with Crippen molar-refractivity contribution in [3.8, 4) is 5.75 Å². The Morgan fingerprint density at radius 1 is 1.14 bits per heavy atom. The summed E-state index contributed by atoms with van der Waals surface area (Å²) in [5.74, 6) is 1.07. The molecule has 112 valence electrons. The van der Waals surface area contributed by atoms with Crippen LogP contribution in [0.5, 0.6) is 5.75 Å². The highest BCUT2D eigenvalue weighted by Gasteiger charge is 2.06. The van der Waals surface area contributed by atoms with Crippen molar-refractivity contribution in [2.45, 2.75) is 39.8 Å². The van der Waals surface area contributed by atoms with Gasteiger partial charge < -0.3 is 10.5 Å². The Labute approximate surface area is 125 Å². The van der Waals surface area contributed by atoms with Crippen LogP contribution in [-0.4, -0.2) is 0 Å². The summed E-state index contributed by atoms with van der Waals surface area (Å²) in [6.07, 6.45) is 0. The van der Waals surface area contributed by atoms with E-state index in [1.54, 1.807) is 12.1 Å². The third-order valence-electron chi connectivity index (χ3n) is 3.60. The largest absolute Gasteiger partial charge is 0.489 e. The molecule has 2 aromatic carbocycles. The van der Waals surface area contributed by atoms with E-state index in [1.165, 1.54) is 11.6 Å². The molecule has 0 spiro atoms. The van der Waals surface area contributed by atoms with Crippen molar-refractivity contribution < 1.29 is 9.13 Å². The van der Waals surface area contributed by atoms with Crippen LogP contribution < -0.4 is 10.5 Å². The van der Waals surface area contributed by atoms with Crippen LogP contribution in [0.1, 0.15) is 42.0 Å². The van der Waals surface area contributed by atoms with Gasteiger partial charge in [-0.25, -0.2) is 4.39 Å².